The van der Waals surface area contributed by atoms with Crippen LogP contribution in [0.3, 0.4) is 0 Å². The predicted molar refractivity (Wildman–Crippen MR) is 66.6 cm³/mol. The van der Waals surface area contributed by atoms with Crippen molar-refractivity contribution in [3.63, 3.8) is 0 Å². The van der Waals surface area contributed by atoms with Gasteiger partial charge in [0.1, 0.15) is 12.2 Å². The van der Waals surface area contributed by atoms with Gasteiger partial charge in [-0.3, -0.25) is 9.48 Å². The molecule has 2 aromatic rings. The van der Waals surface area contributed by atoms with Crippen LogP contribution in [-0.2, 0) is 11.3 Å². The maximum absolute atomic E-state index is 13.4. The maximum Gasteiger partial charge on any atom is 0.246 e. The fourth-order valence-electron chi connectivity index (χ4n) is 1.86. The van der Waals surface area contributed by atoms with Gasteiger partial charge in [0, 0.05) is 5.69 Å². The second kappa shape index (κ2) is 5.74. The molecule has 0 radical (unpaired) electrons. The lowest BCUT2D eigenvalue weighted by atomic mass is 10.2. The van der Waals surface area contributed by atoms with Crippen LogP contribution in [0.1, 0.15) is 11.4 Å². The predicted octanol–water partition coefficient (Wildman–Crippen LogP) is 2.83. The molecule has 0 aliphatic carbocycles. The Morgan fingerprint density at radius 2 is 1.55 bits per heavy atom. The number of rotatable bonds is 3. The van der Waals surface area contributed by atoms with Gasteiger partial charge in [-0.1, -0.05) is 0 Å². The van der Waals surface area contributed by atoms with E-state index in [9.17, 15) is 26.7 Å². The van der Waals surface area contributed by atoms with Gasteiger partial charge in [-0.25, -0.2) is 22.0 Å². The van der Waals surface area contributed by atoms with Gasteiger partial charge in [-0.2, -0.15) is 5.10 Å². The number of halogens is 5. The van der Waals surface area contributed by atoms with Crippen molar-refractivity contribution in [2.75, 3.05) is 5.32 Å². The van der Waals surface area contributed by atoms with Crippen molar-refractivity contribution in [2.45, 2.75) is 20.4 Å². The van der Waals surface area contributed by atoms with Crippen LogP contribution >= 0.6 is 0 Å². The third-order valence-corrected chi connectivity index (χ3v) is 2.87. The van der Waals surface area contributed by atoms with Crippen LogP contribution in [0, 0.1) is 42.9 Å². The van der Waals surface area contributed by atoms with Gasteiger partial charge in [-0.05, 0) is 19.9 Å². The van der Waals surface area contributed by atoms with Crippen LogP contribution in [0.2, 0.25) is 0 Å². The van der Waals surface area contributed by atoms with E-state index >= 15 is 0 Å². The summed E-state index contributed by atoms with van der Waals surface area (Å²) in [7, 11) is 0. The van der Waals surface area contributed by atoms with Crippen molar-refractivity contribution in [1.82, 2.24) is 9.78 Å². The monoisotopic (exact) mass is 319 g/mol. The molecule has 0 spiro atoms. The van der Waals surface area contributed by atoms with Crippen LogP contribution < -0.4 is 5.32 Å². The summed E-state index contributed by atoms with van der Waals surface area (Å²) in [5.41, 5.74) is -0.172. The van der Waals surface area contributed by atoms with E-state index in [1.54, 1.807) is 25.2 Å². The highest BCUT2D eigenvalue weighted by Gasteiger charge is 2.26. The summed E-state index contributed by atoms with van der Waals surface area (Å²) in [4.78, 5) is 11.7. The summed E-state index contributed by atoms with van der Waals surface area (Å²) in [5.74, 6) is -11.7. The first kappa shape index (κ1) is 15.9. The minimum absolute atomic E-state index is 0.431. The molecule has 0 fully saturated rings. The Hall–Kier alpha value is -2.45. The zero-order valence-corrected chi connectivity index (χ0v) is 11.5. The molecule has 1 N–H and O–H groups in total. The molecule has 0 aliphatic heterocycles. The third kappa shape index (κ3) is 2.78. The van der Waals surface area contributed by atoms with Crippen LogP contribution in [0.5, 0.6) is 0 Å². The Morgan fingerprint density at radius 1 is 1.05 bits per heavy atom. The molecule has 9 heteroatoms. The van der Waals surface area contributed by atoms with Crippen molar-refractivity contribution in [1.29, 1.82) is 0 Å². The number of hydrogen-bond acceptors (Lipinski definition) is 2. The van der Waals surface area contributed by atoms with E-state index in [4.69, 9.17) is 0 Å². The highest BCUT2D eigenvalue weighted by Crippen LogP contribution is 2.27. The van der Waals surface area contributed by atoms with Crippen molar-refractivity contribution in [2.24, 2.45) is 0 Å². The molecule has 4 nitrogen and oxygen atoms in total. The average Bonchev–Trinajstić information content (AvgIpc) is 2.77. The Morgan fingerprint density at radius 3 is 2.00 bits per heavy atom. The summed E-state index contributed by atoms with van der Waals surface area (Å²) in [6.07, 6.45) is 0. The molecule has 0 bridgehead atoms. The number of aryl methyl sites for hydroxylation is 2. The van der Waals surface area contributed by atoms with Crippen molar-refractivity contribution < 1.29 is 26.7 Å². The van der Waals surface area contributed by atoms with E-state index in [0.717, 1.165) is 0 Å². The Balaban J connectivity index is 2.28. The first-order chi connectivity index (χ1) is 10.2. The number of anilines is 1. The highest BCUT2D eigenvalue weighted by molar-refractivity contribution is 5.90. The molecule has 1 aromatic heterocycles. The molecule has 0 atom stereocenters. The summed E-state index contributed by atoms with van der Waals surface area (Å²) < 4.78 is 67.0. The lowest BCUT2D eigenvalue weighted by Crippen LogP contribution is -2.22. The van der Waals surface area contributed by atoms with Crippen LogP contribution in [0.15, 0.2) is 6.07 Å². The average molecular weight is 319 g/mol. The number of aromatic nitrogens is 2. The minimum Gasteiger partial charge on any atom is -0.319 e. The summed E-state index contributed by atoms with van der Waals surface area (Å²) >= 11 is 0. The molecule has 2 rings (SSSR count). The summed E-state index contributed by atoms with van der Waals surface area (Å²) in [5, 5.41) is 5.62. The molecule has 0 saturated carbocycles. The normalized spacial score (nSPS) is 10.9. The minimum atomic E-state index is -2.29. The fourth-order valence-corrected chi connectivity index (χ4v) is 1.86. The van der Waals surface area contributed by atoms with E-state index < -0.39 is 47.2 Å². The largest absolute Gasteiger partial charge is 0.319 e. The highest BCUT2D eigenvalue weighted by atomic mass is 19.2. The Bertz CT molecular complexity index is 728. The topological polar surface area (TPSA) is 46.9 Å². The number of amides is 1. The molecule has 0 saturated heterocycles. The number of benzene rings is 1. The standard InChI is InChI=1S/C13H10F5N3O/c1-5-3-6(2)21(20-5)4-7(22)19-13-11(17)9(15)8(14)10(16)12(13)18/h3H,4H2,1-2H3,(H,19,22). The van der Waals surface area contributed by atoms with Crippen molar-refractivity contribution in [3.05, 3.63) is 46.5 Å². The van der Waals surface area contributed by atoms with E-state index in [2.05, 4.69) is 5.10 Å². The number of nitrogens with zero attached hydrogens (tertiary/aromatic N) is 2. The number of nitrogens with one attached hydrogen (secondary N) is 1. The molecule has 1 aromatic carbocycles. The lowest BCUT2D eigenvalue weighted by Gasteiger charge is -2.10. The molecule has 1 heterocycles. The maximum atomic E-state index is 13.4. The molecular formula is C13H10F5N3O. The number of carbonyl (C=O) groups excluding carboxylic acids is 1. The van der Waals surface area contributed by atoms with E-state index in [1.807, 2.05) is 0 Å². The molecular weight excluding hydrogens is 309 g/mol. The van der Waals surface area contributed by atoms with Gasteiger partial charge in [0.15, 0.2) is 23.3 Å². The SMILES string of the molecule is Cc1cc(C)n(CC(=O)Nc2c(F)c(F)c(F)c(F)c2F)n1. The van der Waals surface area contributed by atoms with Crippen LogP contribution in [-0.4, -0.2) is 15.7 Å². The van der Waals surface area contributed by atoms with E-state index in [1.165, 1.54) is 4.68 Å². The molecule has 118 valence electrons. The Labute approximate surface area is 121 Å². The first-order valence-corrected chi connectivity index (χ1v) is 6.04. The van der Waals surface area contributed by atoms with Gasteiger partial charge < -0.3 is 5.32 Å². The molecule has 1 amide bonds. The number of hydrogen-bond donors (Lipinski definition) is 1. The van der Waals surface area contributed by atoms with Gasteiger partial charge in [0.2, 0.25) is 11.7 Å². The van der Waals surface area contributed by atoms with Crippen molar-refractivity contribution in [3.8, 4) is 0 Å². The molecule has 0 aliphatic rings. The van der Waals surface area contributed by atoms with E-state index in [0.29, 0.717) is 11.4 Å². The number of carbonyl (C=O) groups is 1. The van der Waals surface area contributed by atoms with Gasteiger partial charge in [-0.15, -0.1) is 0 Å². The Kier molecular flexibility index (Phi) is 4.16. The zero-order chi connectivity index (χ0) is 16.6. The zero-order valence-electron chi connectivity index (χ0n) is 11.5. The van der Waals surface area contributed by atoms with Crippen LogP contribution in [0.4, 0.5) is 27.6 Å². The van der Waals surface area contributed by atoms with Gasteiger partial charge in [0.05, 0.1) is 5.69 Å². The fraction of sp³-hybridized carbons (Fsp3) is 0.231. The van der Waals surface area contributed by atoms with Gasteiger partial charge in [0.25, 0.3) is 0 Å². The lowest BCUT2D eigenvalue weighted by molar-refractivity contribution is -0.117. The second-order valence-corrected chi connectivity index (χ2v) is 4.58. The second-order valence-electron chi connectivity index (χ2n) is 4.58. The molecule has 0 unspecified atom stereocenters. The quantitative estimate of drug-likeness (QED) is 0.537. The first-order valence-electron chi connectivity index (χ1n) is 6.04. The van der Waals surface area contributed by atoms with E-state index in [-0.39, 0.29) is 0 Å². The van der Waals surface area contributed by atoms with Gasteiger partial charge >= 0.3 is 0 Å². The summed E-state index contributed by atoms with van der Waals surface area (Å²) in [6.45, 7) is 2.89. The molecule has 22 heavy (non-hydrogen) atoms. The summed E-state index contributed by atoms with van der Waals surface area (Å²) in [6, 6.07) is 1.66. The third-order valence-electron chi connectivity index (χ3n) is 2.87. The smallest absolute Gasteiger partial charge is 0.246 e. The van der Waals surface area contributed by atoms with Crippen LogP contribution in [0.25, 0.3) is 0 Å². The van der Waals surface area contributed by atoms with Crippen molar-refractivity contribution >= 4 is 11.6 Å².